The summed E-state index contributed by atoms with van der Waals surface area (Å²) in [7, 11) is 0. The summed E-state index contributed by atoms with van der Waals surface area (Å²) < 4.78 is 0. The highest BCUT2D eigenvalue weighted by Gasteiger charge is 2.35. The van der Waals surface area contributed by atoms with Crippen molar-refractivity contribution in [2.45, 2.75) is 163 Å². The van der Waals surface area contributed by atoms with Crippen molar-refractivity contribution in [2.75, 3.05) is 0 Å². The molecule has 3 unspecified atom stereocenters. The zero-order valence-electron chi connectivity index (χ0n) is 30.9. The number of hydrogen-bond acceptors (Lipinski definition) is 5. The van der Waals surface area contributed by atoms with E-state index < -0.39 is 5.60 Å². The summed E-state index contributed by atoms with van der Waals surface area (Å²) in [6.45, 7) is 23.9. The van der Waals surface area contributed by atoms with Gasteiger partial charge in [0.15, 0.2) is 11.6 Å². The van der Waals surface area contributed by atoms with E-state index in [4.69, 9.17) is 4.84 Å². The molecule has 2 rings (SSSR count). The fourth-order valence-corrected chi connectivity index (χ4v) is 5.88. The number of carbonyl (C=O) groups is 3. The second-order valence-corrected chi connectivity index (χ2v) is 13.6. The van der Waals surface area contributed by atoms with Crippen LogP contribution in [0.5, 0.6) is 0 Å². The van der Waals surface area contributed by atoms with Crippen molar-refractivity contribution >= 4 is 17.3 Å². The molecule has 1 aromatic rings. The van der Waals surface area contributed by atoms with Crippen molar-refractivity contribution in [3.63, 3.8) is 0 Å². The molecule has 3 atom stereocenters. The Morgan fingerprint density at radius 2 is 1.43 bits per heavy atom. The lowest BCUT2D eigenvalue weighted by molar-refractivity contribution is -0.139. The van der Waals surface area contributed by atoms with Gasteiger partial charge in [0, 0.05) is 18.8 Å². The van der Waals surface area contributed by atoms with Gasteiger partial charge in [-0.05, 0) is 82.3 Å². The summed E-state index contributed by atoms with van der Waals surface area (Å²) in [5, 5.41) is 0. The van der Waals surface area contributed by atoms with Gasteiger partial charge in [-0.3, -0.25) is 19.2 Å². The lowest BCUT2D eigenvalue weighted by Gasteiger charge is -2.29. The Morgan fingerprint density at radius 1 is 0.891 bits per heavy atom. The van der Waals surface area contributed by atoms with Crippen LogP contribution >= 0.6 is 0 Å². The topological polar surface area (TPSA) is 72.5 Å². The summed E-state index contributed by atoms with van der Waals surface area (Å²) >= 11 is 0. The van der Waals surface area contributed by atoms with Crippen molar-refractivity contribution in [1.82, 2.24) is 5.48 Å². The summed E-state index contributed by atoms with van der Waals surface area (Å²) in [5.74, 6) is -0.0357. The van der Waals surface area contributed by atoms with Crippen LogP contribution in [0.15, 0.2) is 49.6 Å². The second-order valence-electron chi connectivity index (χ2n) is 13.6. The molecule has 0 radical (unpaired) electrons. The first-order chi connectivity index (χ1) is 22.0. The molecule has 0 heterocycles. The van der Waals surface area contributed by atoms with E-state index in [0.29, 0.717) is 31.6 Å². The first-order valence-electron chi connectivity index (χ1n) is 18.3. The van der Waals surface area contributed by atoms with E-state index in [0.717, 1.165) is 57.8 Å². The Bertz CT molecular complexity index is 983. The minimum Gasteiger partial charge on any atom is -0.298 e. The second kappa shape index (κ2) is 25.7. The number of rotatable bonds is 22. The van der Waals surface area contributed by atoms with Crippen LogP contribution in [0.4, 0.5) is 0 Å². The average Bonchev–Trinajstić information content (AvgIpc) is 3.46. The molecular weight excluding hydrogens is 570 g/mol. The minimum absolute atomic E-state index is 0.185. The number of ketones is 3. The average molecular weight is 640 g/mol. The monoisotopic (exact) mass is 640 g/mol. The predicted molar refractivity (Wildman–Crippen MR) is 196 cm³/mol. The molecule has 0 spiro atoms. The standard InChI is InChI=1S/C36H55NO4.C3H8.C2H6/c1-7-10-17-27(18-13-14-20-28(19-11-8-2)35(40)32(38)23-12-9-3)24-33(39)34(37-41-36(4,5)6)31-25-29-21-15-16-22-30(29)26-31;1-3-2;1-2/h8-9,15-16,21-22,27-28,31,34,37H,2-3,7,10-14,17-20,23-26H2,1,4-6H3;3H2,1-2H3;1-2H3. The van der Waals surface area contributed by atoms with Gasteiger partial charge in [0.25, 0.3) is 0 Å². The van der Waals surface area contributed by atoms with Crippen molar-refractivity contribution in [1.29, 1.82) is 0 Å². The highest BCUT2D eigenvalue weighted by molar-refractivity contribution is 6.37. The quantitative estimate of drug-likeness (QED) is 0.0591. The lowest BCUT2D eigenvalue weighted by Crippen LogP contribution is -2.47. The molecule has 1 aromatic carbocycles. The van der Waals surface area contributed by atoms with E-state index in [-0.39, 0.29) is 41.6 Å². The van der Waals surface area contributed by atoms with E-state index in [1.54, 1.807) is 6.08 Å². The SMILES string of the molecule is C=CCCC(=O)C(=O)C(CCC=C)CCCCC(CCCC)CC(=O)C(NOC(C)(C)C)C1Cc2ccccc2C1.CC.CCC. The third kappa shape index (κ3) is 18.1. The van der Waals surface area contributed by atoms with Crippen molar-refractivity contribution in [3.05, 3.63) is 60.7 Å². The summed E-state index contributed by atoms with van der Waals surface area (Å²) in [5.41, 5.74) is 5.48. The third-order valence-corrected chi connectivity index (χ3v) is 8.20. The first-order valence-corrected chi connectivity index (χ1v) is 18.3. The molecule has 5 nitrogen and oxygen atoms in total. The van der Waals surface area contributed by atoms with Gasteiger partial charge < -0.3 is 0 Å². The molecular formula is C41H69NO4. The molecule has 0 amide bonds. The highest BCUT2D eigenvalue weighted by atomic mass is 16.7. The van der Waals surface area contributed by atoms with Gasteiger partial charge in [0.2, 0.25) is 5.78 Å². The van der Waals surface area contributed by atoms with Crippen LogP contribution in [0, 0.1) is 17.8 Å². The van der Waals surface area contributed by atoms with Crippen LogP contribution < -0.4 is 5.48 Å². The third-order valence-electron chi connectivity index (χ3n) is 8.20. The number of unbranched alkanes of at least 4 members (excludes halogenated alkanes) is 2. The Balaban J connectivity index is 0.00000381. The molecule has 1 aliphatic carbocycles. The van der Waals surface area contributed by atoms with Gasteiger partial charge in [0.05, 0.1) is 11.6 Å². The number of allylic oxidation sites excluding steroid dienone is 2. The van der Waals surface area contributed by atoms with Gasteiger partial charge in [-0.25, -0.2) is 0 Å². The molecule has 0 saturated carbocycles. The van der Waals surface area contributed by atoms with Crippen LogP contribution in [0.25, 0.3) is 0 Å². The summed E-state index contributed by atoms with van der Waals surface area (Å²) in [6.07, 6.45) is 16.0. The predicted octanol–water partition coefficient (Wildman–Crippen LogP) is 10.5. The van der Waals surface area contributed by atoms with Crippen molar-refractivity contribution in [3.8, 4) is 0 Å². The van der Waals surface area contributed by atoms with Crippen LogP contribution in [0.1, 0.15) is 150 Å². The number of fused-ring (bicyclic) bond motifs is 1. The van der Waals surface area contributed by atoms with Gasteiger partial charge >= 0.3 is 0 Å². The Hall–Kier alpha value is -2.37. The molecule has 0 aromatic heterocycles. The van der Waals surface area contributed by atoms with Gasteiger partial charge in [0.1, 0.15) is 0 Å². The van der Waals surface area contributed by atoms with Crippen LogP contribution in [-0.4, -0.2) is 29.0 Å². The molecule has 262 valence electrons. The lowest BCUT2D eigenvalue weighted by atomic mass is 9.84. The number of Topliss-reactive ketones (excluding diaryl/α,β-unsaturated/α-hetero) is 3. The maximum atomic E-state index is 13.8. The summed E-state index contributed by atoms with van der Waals surface area (Å²) in [4.78, 5) is 45.0. The molecule has 46 heavy (non-hydrogen) atoms. The Morgan fingerprint density at radius 3 is 1.96 bits per heavy atom. The fourth-order valence-electron chi connectivity index (χ4n) is 5.88. The molecule has 5 heteroatoms. The summed E-state index contributed by atoms with van der Waals surface area (Å²) in [6, 6.07) is 8.15. The van der Waals surface area contributed by atoms with Crippen LogP contribution in [-0.2, 0) is 32.1 Å². The first kappa shape index (κ1) is 43.6. The zero-order valence-corrected chi connectivity index (χ0v) is 30.9. The van der Waals surface area contributed by atoms with Gasteiger partial charge in [-0.1, -0.05) is 116 Å². The van der Waals surface area contributed by atoms with E-state index in [9.17, 15) is 14.4 Å². The molecule has 0 aliphatic heterocycles. The number of hydroxylamine groups is 1. The van der Waals surface area contributed by atoms with Gasteiger partial charge in [-0.15, -0.1) is 13.2 Å². The van der Waals surface area contributed by atoms with E-state index >= 15 is 0 Å². The molecule has 0 bridgehead atoms. The zero-order chi connectivity index (χ0) is 35.0. The van der Waals surface area contributed by atoms with E-state index in [1.807, 2.05) is 40.7 Å². The maximum absolute atomic E-state index is 13.8. The molecule has 0 saturated heterocycles. The number of benzene rings is 1. The fraction of sp³-hybridized carbons (Fsp3) is 0.683. The normalized spacial score (nSPS) is 14.4. The number of carbonyl (C=O) groups excluding carboxylic acids is 3. The maximum Gasteiger partial charge on any atom is 0.201 e. The Kier molecular flexibility index (Phi) is 24.4. The number of nitrogens with one attached hydrogen (secondary N) is 1. The van der Waals surface area contributed by atoms with Crippen LogP contribution in [0.2, 0.25) is 0 Å². The van der Waals surface area contributed by atoms with Crippen LogP contribution in [0.3, 0.4) is 0 Å². The van der Waals surface area contributed by atoms with Crippen molar-refractivity contribution < 1.29 is 19.2 Å². The Labute approximate surface area is 283 Å². The minimum atomic E-state index is -0.391. The highest BCUT2D eigenvalue weighted by Crippen LogP contribution is 2.31. The van der Waals surface area contributed by atoms with E-state index in [2.05, 4.69) is 63.7 Å². The smallest absolute Gasteiger partial charge is 0.201 e. The largest absolute Gasteiger partial charge is 0.298 e. The van der Waals surface area contributed by atoms with Gasteiger partial charge in [-0.2, -0.15) is 5.48 Å². The molecule has 0 fully saturated rings. The molecule has 1 N–H and O–H groups in total. The molecule has 1 aliphatic rings. The number of hydrogen-bond donors (Lipinski definition) is 1. The van der Waals surface area contributed by atoms with Crippen molar-refractivity contribution in [2.24, 2.45) is 17.8 Å². The van der Waals surface area contributed by atoms with E-state index in [1.165, 1.54) is 17.5 Å².